The molecule has 1 aromatic carbocycles. The van der Waals surface area contributed by atoms with Gasteiger partial charge in [-0.05, 0) is 12.0 Å². The van der Waals surface area contributed by atoms with Crippen molar-refractivity contribution in [2.45, 2.75) is 12.5 Å². The topological polar surface area (TPSA) is 37.3 Å². The number of benzene rings is 1. The molecule has 0 aliphatic carbocycles. The van der Waals surface area contributed by atoms with Gasteiger partial charge in [0.05, 0.1) is 6.10 Å². The van der Waals surface area contributed by atoms with E-state index in [1.807, 2.05) is 30.3 Å². The third kappa shape index (κ3) is 3.13. The highest BCUT2D eigenvalue weighted by Gasteiger charge is 2.17. The van der Waals surface area contributed by atoms with Crippen molar-refractivity contribution in [1.29, 1.82) is 0 Å². The summed E-state index contributed by atoms with van der Waals surface area (Å²) >= 11 is 5.48. The monoisotopic (exact) mass is 212 g/mol. The van der Waals surface area contributed by atoms with Gasteiger partial charge < -0.3 is 9.90 Å². The van der Waals surface area contributed by atoms with E-state index in [-0.39, 0.29) is 5.88 Å². The SMILES string of the molecule is O=C[C@@H](Cc1ccccc1)[C@@H](O)CCl. The Morgan fingerprint density at radius 1 is 1.36 bits per heavy atom. The van der Waals surface area contributed by atoms with Crippen LogP contribution in [0.1, 0.15) is 5.56 Å². The van der Waals surface area contributed by atoms with Crippen molar-refractivity contribution in [1.82, 2.24) is 0 Å². The normalized spacial score (nSPS) is 14.7. The molecule has 1 rings (SSSR count). The second kappa shape index (κ2) is 5.78. The van der Waals surface area contributed by atoms with E-state index in [4.69, 9.17) is 11.6 Å². The molecular formula is C11H13ClO2. The number of halogens is 1. The molecule has 14 heavy (non-hydrogen) atoms. The molecule has 2 atom stereocenters. The number of hydrogen-bond donors (Lipinski definition) is 1. The van der Waals surface area contributed by atoms with Gasteiger partial charge in [0, 0.05) is 11.8 Å². The minimum absolute atomic E-state index is 0.0935. The van der Waals surface area contributed by atoms with Crippen molar-refractivity contribution in [3.8, 4) is 0 Å². The van der Waals surface area contributed by atoms with Gasteiger partial charge in [-0.2, -0.15) is 0 Å². The second-order valence-electron chi connectivity index (χ2n) is 3.21. The fourth-order valence-electron chi connectivity index (χ4n) is 1.28. The number of carbonyl (C=O) groups is 1. The molecule has 0 spiro atoms. The average Bonchev–Trinajstić information content (AvgIpc) is 2.26. The number of carbonyl (C=O) groups excluding carboxylic acids is 1. The molecule has 0 fully saturated rings. The number of hydrogen-bond acceptors (Lipinski definition) is 2. The lowest BCUT2D eigenvalue weighted by molar-refractivity contribution is -0.113. The Kier molecular flexibility index (Phi) is 4.63. The largest absolute Gasteiger partial charge is 0.391 e. The van der Waals surface area contributed by atoms with Crippen LogP contribution in [0.25, 0.3) is 0 Å². The van der Waals surface area contributed by atoms with Gasteiger partial charge in [0.2, 0.25) is 0 Å². The van der Waals surface area contributed by atoms with Crippen LogP contribution in [0, 0.1) is 5.92 Å². The van der Waals surface area contributed by atoms with Crippen LogP contribution >= 0.6 is 11.6 Å². The Bertz CT molecular complexity index is 274. The summed E-state index contributed by atoms with van der Waals surface area (Å²) in [6.07, 6.45) is 0.549. The molecule has 1 aromatic rings. The highest BCUT2D eigenvalue weighted by atomic mass is 35.5. The number of rotatable bonds is 5. The van der Waals surface area contributed by atoms with E-state index in [1.54, 1.807) is 0 Å². The zero-order chi connectivity index (χ0) is 10.4. The number of alkyl halides is 1. The molecule has 76 valence electrons. The van der Waals surface area contributed by atoms with Crippen molar-refractivity contribution in [3.05, 3.63) is 35.9 Å². The minimum atomic E-state index is -0.755. The maximum atomic E-state index is 10.7. The summed E-state index contributed by atoms with van der Waals surface area (Å²) in [6.45, 7) is 0. The van der Waals surface area contributed by atoms with Crippen molar-refractivity contribution < 1.29 is 9.90 Å². The lowest BCUT2D eigenvalue weighted by Gasteiger charge is -2.14. The summed E-state index contributed by atoms with van der Waals surface area (Å²) in [5.74, 6) is -0.314. The Labute approximate surface area is 88.5 Å². The quantitative estimate of drug-likeness (QED) is 0.595. The van der Waals surface area contributed by atoms with E-state index in [2.05, 4.69) is 0 Å². The predicted molar refractivity (Wildman–Crippen MR) is 56.4 cm³/mol. The van der Waals surface area contributed by atoms with Crippen LogP contribution in [0.4, 0.5) is 0 Å². The minimum Gasteiger partial charge on any atom is -0.391 e. The van der Waals surface area contributed by atoms with Crippen molar-refractivity contribution in [2.24, 2.45) is 5.92 Å². The second-order valence-corrected chi connectivity index (χ2v) is 3.52. The summed E-state index contributed by atoms with van der Waals surface area (Å²) in [4.78, 5) is 10.7. The maximum Gasteiger partial charge on any atom is 0.126 e. The van der Waals surface area contributed by atoms with E-state index < -0.39 is 12.0 Å². The molecule has 0 unspecified atom stereocenters. The van der Waals surface area contributed by atoms with Gasteiger partial charge in [-0.25, -0.2) is 0 Å². The number of aldehydes is 1. The summed E-state index contributed by atoms with van der Waals surface area (Å²) < 4.78 is 0. The molecule has 1 N–H and O–H groups in total. The van der Waals surface area contributed by atoms with E-state index in [0.717, 1.165) is 11.8 Å². The van der Waals surface area contributed by atoms with E-state index in [9.17, 15) is 9.90 Å². The molecule has 0 heterocycles. The van der Waals surface area contributed by atoms with Crippen molar-refractivity contribution >= 4 is 17.9 Å². The van der Waals surface area contributed by atoms with Crippen LogP contribution in [-0.2, 0) is 11.2 Å². The van der Waals surface area contributed by atoms with Crippen LogP contribution < -0.4 is 0 Å². The van der Waals surface area contributed by atoms with E-state index in [1.165, 1.54) is 0 Å². The summed E-state index contributed by atoms with van der Waals surface area (Å²) in [7, 11) is 0. The first-order chi connectivity index (χ1) is 6.77. The number of aliphatic hydroxyl groups excluding tert-OH is 1. The molecule has 3 heteroatoms. The molecule has 0 aliphatic rings. The molecule has 2 nitrogen and oxygen atoms in total. The summed E-state index contributed by atoms with van der Waals surface area (Å²) in [5, 5.41) is 9.42. The Hall–Kier alpha value is -0.860. The van der Waals surface area contributed by atoms with Crippen LogP contribution in [0.2, 0.25) is 0 Å². The van der Waals surface area contributed by atoms with Gasteiger partial charge in [-0.1, -0.05) is 30.3 Å². The Morgan fingerprint density at radius 3 is 2.50 bits per heavy atom. The molecule has 0 saturated carbocycles. The first kappa shape index (κ1) is 11.2. The Balaban J connectivity index is 2.61. The first-order valence-corrected chi connectivity index (χ1v) is 5.04. The van der Waals surface area contributed by atoms with Gasteiger partial charge in [-0.15, -0.1) is 11.6 Å². The van der Waals surface area contributed by atoms with Crippen LogP contribution in [0.5, 0.6) is 0 Å². The number of aliphatic hydroxyl groups is 1. The fourth-order valence-corrected chi connectivity index (χ4v) is 1.50. The first-order valence-electron chi connectivity index (χ1n) is 4.51. The summed E-state index contributed by atoms with van der Waals surface area (Å²) in [5.41, 5.74) is 1.04. The van der Waals surface area contributed by atoms with E-state index >= 15 is 0 Å². The molecule has 0 aliphatic heterocycles. The smallest absolute Gasteiger partial charge is 0.126 e. The highest BCUT2D eigenvalue weighted by Crippen LogP contribution is 2.11. The average molecular weight is 213 g/mol. The van der Waals surface area contributed by atoms with Gasteiger partial charge >= 0.3 is 0 Å². The lowest BCUT2D eigenvalue weighted by atomic mass is 9.96. The van der Waals surface area contributed by atoms with Crippen molar-refractivity contribution in [3.63, 3.8) is 0 Å². The van der Waals surface area contributed by atoms with Crippen molar-refractivity contribution in [2.75, 3.05) is 5.88 Å². The molecule has 0 bridgehead atoms. The standard InChI is InChI=1S/C11H13ClO2/c12-7-11(14)10(8-13)6-9-4-2-1-3-5-9/h1-5,8,10-11,14H,6-7H2/t10-,11+/m1/s1. The third-order valence-electron chi connectivity index (χ3n) is 2.14. The van der Waals surface area contributed by atoms with Crippen LogP contribution in [-0.4, -0.2) is 23.4 Å². The molecular weight excluding hydrogens is 200 g/mol. The van der Waals surface area contributed by atoms with Gasteiger partial charge in [0.25, 0.3) is 0 Å². The molecule has 0 saturated heterocycles. The van der Waals surface area contributed by atoms with Gasteiger partial charge in [0.15, 0.2) is 0 Å². The molecule has 0 radical (unpaired) electrons. The Morgan fingerprint density at radius 2 is 2.00 bits per heavy atom. The van der Waals surface area contributed by atoms with Crippen LogP contribution in [0.15, 0.2) is 30.3 Å². The van der Waals surface area contributed by atoms with E-state index in [0.29, 0.717) is 6.42 Å². The van der Waals surface area contributed by atoms with Gasteiger partial charge in [-0.3, -0.25) is 0 Å². The zero-order valence-electron chi connectivity index (χ0n) is 7.77. The van der Waals surface area contributed by atoms with Gasteiger partial charge in [0.1, 0.15) is 6.29 Å². The molecule has 0 amide bonds. The van der Waals surface area contributed by atoms with Crippen LogP contribution in [0.3, 0.4) is 0 Å². The third-order valence-corrected chi connectivity index (χ3v) is 2.46. The predicted octanol–water partition coefficient (Wildman–Crippen LogP) is 1.64. The maximum absolute atomic E-state index is 10.7. The fraction of sp³-hybridized carbons (Fsp3) is 0.364. The molecule has 0 aromatic heterocycles. The summed E-state index contributed by atoms with van der Waals surface area (Å²) in [6, 6.07) is 9.58. The highest BCUT2D eigenvalue weighted by molar-refractivity contribution is 6.18. The zero-order valence-corrected chi connectivity index (χ0v) is 8.52. The lowest BCUT2D eigenvalue weighted by Crippen LogP contribution is -2.25.